The number of hydrogen-bond acceptors (Lipinski definition) is 4. The Hall–Kier alpha value is -1.50. The maximum atomic E-state index is 13.6. The molecule has 0 spiro atoms. The van der Waals surface area contributed by atoms with Crippen LogP contribution in [0.15, 0.2) is 41.0 Å². The van der Waals surface area contributed by atoms with E-state index < -0.39 is 5.82 Å². The number of nitrogens with one attached hydrogen (secondary N) is 1. The summed E-state index contributed by atoms with van der Waals surface area (Å²) >= 11 is 3.20. The van der Waals surface area contributed by atoms with E-state index in [0.717, 1.165) is 12.1 Å². The lowest BCUT2D eigenvalue weighted by Crippen LogP contribution is -2.18. The quantitative estimate of drug-likeness (QED) is 0.772. The van der Waals surface area contributed by atoms with Crippen LogP contribution < -0.4 is 10.1 Å². The van der Waals surface area contributed by atoms with E-state index in [4.69, 9.17) is 9.47 Å². The summed E-state index contributed by atoms with van der Waals surface area (Å²) < 4.78 is 24.7. The van der Waals surface area contributed by atoms with Crippen molar-refractivity contribution in [1.29, 1.82) is 0 Å². The number of aromatic nitrogens is 1. The average molecular weight is 355 g/mol. The molecule has 4 nitrogen and oxygen atoms in total. The zero-order valence-electron chi connectivity index (χ0n) is 11.6. The van der Waals surface area contributed by atoms with Gasteiger partial charge in [0.05, 0.1) is 6.61 Å². The summed E-state index contributed by atoms with van der Waals surface area (Å²) in [5.41, 5.74) is 1.02. The van der Waals surface area contributed by atoms with Gasteiger partial charge in [0.15, 0.2) is 11.6 Å². The first-order chi connectivity index (χ1) is 10.2. The summed E-state index contributed by atoms with van der Waals surface area (Å²) in [5.74, 6) is 0.0741. The van der Waals surface area contributed by atoms with E-state index in [9.17, 15) is 4.39 Å². The van der Waals surface area contributed by atoms with E-state index in [-0.39, 0.29) is 5.75 Å². The van der Waals surface area contributed by atoms with Crippen LogP contribution >= 0.6 is 15.9 Å². The van der Waals surface area contributed by atoms with E-state index in [1.165, 1.54) is 6.07 Å². The molecule has 0 aliphatic carbocycles. The number of methoxy groups -OCH3 is 1. The van der Waals surface area contributed by atoms with Crippen molar-refractivity contribution in [3.05, 3.63) is 52.4 Å². The fourth-order valence-electron chi connectivity index (χ4n) is 1.65. The Morgan fingerprint density at radius 2 is 2.14 bits per heavy atom. The number of benzene rings is 1. The van der Waals surface area contributed by atoms with Crippen molar-refractivity contribution < 1.29 is 13.9 Å². The molecule has 6 heteroatoms. The minimum absolute atomic E-state index is 0.150. The molecule has 0 aliphatic heterocycles. The van der Waals surface area contributed by atoms with Crippen molar-refractivity contribution in [2.75, 3.05) is 20.3 Å². The van der Waals surface area contributed by atoms with Crippen molar-refractivity contribution in [2.24, 2.45) is 0 Å². The lowest BCUT2D eigenvalue weighted by atomic mass is 10.3. The highest BCUT2D eigenvalue weighted by Crippen LogP contribution is 2.25. The third-order valence-corrected chi connectivity index (χ3v) is 3.21. The van der Waals surface area contributed by atoms with E-state index in [2.05, 4.69) is 26.2 Å². The van der Waals surface area contributed by atoms with Crippen LogP contribution in [0.4, 0.5) is 4.39 Å². The molecule has 1 aromatic carbocycles. The molecule has 0 saturated carbocycles. The van der Waals surface area contributed by atoms with Gasteiger partial charge >= 0.3 is 0 Å². The highest BCUT2D eigenvalue weighted by Gasteiger charge is 2.06. The number of ether oxygens (including phenoxy) is 2. The van der Waals surface area contributed by atoms with Crippen LogP contribution in [0.1, 0.15) is 5.56 Å². The Morgan fingerprint density at radius 1 is 1.29 bits per heavy atom. The molecule has 2 rings (SSSR count). The van der Waals surface area contributed by atoms with Crippen LogP contribution in [-0.2, 0) is 11.3 Å². The zero-order valence-corrected chi connectivity index (χ0v) is 13.2. The summed E-state index contributed by atoms with van der Waals surface area (Å²) in [6.45, 7) is 2.14. The van der Waals surface area contributed by atoms with Gasteiger partial charge in [0.1, 0.15) is 0 Å². The van der Waals surface area contributed by atoms with Gasteiger partial charge in [-0.25, -0.2) is 9.37 Å². The number of rotatable bonds is 7. The molecular formula is C15H16BrFN2O2. The third kappa shape index (κ3) is 5.08. The van der Waals surface area contributed by atoms with Crippen molar-refractivity contribution in [3.8, 4) is 11.6 Å². The number of hydrogen-bond donors (Lipinski definition) is 1. The van der Waals surface area contributed by atoms with Crippen LogP contribution in [0, 0.1) is 5.82 Å². The molecule has 1 heterocycles. The predicted molar refractivity (Wildman–Crippen MR) is 82.0 cm³/mol. The molecule has 0 saturated heterocycles. The summed E-state index contributed by atoms with van der Waals surface area (Å²) in [6, 6.07) is 8.23. The molecule has 0 atom stereocenters. The van der Waals surface area contributed by atoms with Gasteiger partial charge in [-0.05, 0) is 23.8 Å². The molecule has 0 unspecified atom stereocenters. The predicted octanol–water partition coefficient (Wildman–Crippen LogP) is 3.51. The van der Waals surface area contributed by atoms with Gasteiger partial charge in [0, 0.05) is 36.9 Å². The SMILES string of the molecule is COCCNCc1ccc(Oc2ccc(Br)cc2F)nc1. The van der Waals surface area contributed by atoms with E-state index in [0.29, 0.717) is 23.5 Å². The minimum atomic E-state index is -0.434. The van der Waals surface area contributed by atoms with Gasteiger partial charge in [-0.3, -0.25) is 0 Å². The highest BCUT2D eigenvalue weighted by atomic mass is 79.9. The average Bonchev–Trinajstić information content (AvgIpc) is 2.48. The molecule has 0 fully saturated rings. The Bertz CT molecular complexity index is 578. The van der Waals surface area contributed by atoms with E-state index in [1.54, 1.807) is 31.5 Å². The van der Waals surface area contributed by atoms with Crippen molar-refractivity contribution in [2.45, 2.75) is 6.54 Å². The largest absolute Gasteiger partial charge is 0.436 e. The molecule has 112 valence electrons. The molecule has 2 aromatic rings. The lowest BCUT2D eigenvalue weighted by Gasteiger charge is -2.07. The number of nitrogens with zero attached hydrogens (tertiary/aromatic N) is 1. The first kappa shape index (κ1) is 15.9. The normalized spacial score (nSPS) is 10.6. The van der Waals surface area contributed by atoms with Crippen LogP contribution in [0.5, 0.6) is 11.6 Å². The van der Waals surface area contributed by atoms with E-state index >= 15 is 0 Å². The number of pyridine rings is 1. The molecule has 21 heavy (non-hydrogen) atoms. The molecule has 0 bridgehead atoms. The first-order valence-electron chi connectivity index (χ1n) is 6.46. The highest BCUT2D eigenvalue weighted by molar-refractivity contribution is 9.10. The third-order valence-electron chi connectivity index (χ3n) is 2.72. The monoisotopic (exact) mass is 354 g/mol. The fraction of sp³-hybridized carbons (Fsp3) is 0.267. The van der Waals surface area contributed by atoms with Gasteiger partial charge in [-0.15, -0.1) is 0 Å². The minimum Gasteiger partial charge on any atom is -0.436 e. The van der Waals surface area contributed by atoms with Crippen LogP contribution in [0.3, 0.4) is 0 Å². The standard InChI is InChI=1S/C15H16BrFN2O2/c1-20-7-6-18-9-11-2-5-15(19-10-11)21-14-4-3-12(16)8-13(14)17/h2-5,8,10,18H,6-7,9H2,1H3. The van der Waals surface area contributed by atoms with E-state index in [1.807, 2.05) is 6.07 Å². The summed E-state index contributed by atoms with van der Waals surface area (Å²) in [4.78, 5) is 4.16. The second-order valence-electron chi connectivity index (χ2n) is 4.35. The number of halogens is 2. The molecule has 0 radical (unpaired) electrons. The van der Waals surface area contributed by atoms with Crippen molar-refractivity contribution >= 4 is 15.9 Å². The molecule has 1 N–H and O–H groups in total. The van der Waals surface area contributed by atoms with Crippen LogP contribution in [0.25, 0.3) is 0 Å². The molecule has 1 aromatic heterocycles. The molecule has 0 amide bonds. The maximum Gasteiger partial charge on any atom is 0.219 e. The van der Waals surface area contributed by atoms with Gasteiger partial charge in [-0.2, -0.15) is 0 Å². The van der Waals surface area contributed by atoms with Gasteiger partial charge < -0.3 is 14.8 Å². The van der Waals surface area contributed by atoms with Crippen molar-refractivity contribution in [1.82, 2.24) is 10.3 Å². The lowest BCUT2D eigenvalue weighted by molar-refractivity contribution is 0.199. The van der Waals surface area contributed by atoms with Crippen molar-refractivity contribution in [3.63, 3.8) is 0 Å². The van der Waals surface area contributed by atoms with Crippen LogP contribution in [0.2, 0.25) is 0 Å². The summed E-state index contributed by atoms with van der Waals surface area (Å²) in [7, 11) is 1.66. The zero-order chi connectivity index (χ0) is 15.1. The topological polar surface area (TPSA) is 43.4 Å². The molecule has 0 aliphatic rings. The van der Waals surface area contributed by atoms with Gasteiger partial charge in [-0.1, -0.05) is 22.0 Å². The second-order valence-corrected chi connectivity index (χ2v) is 5.27. The Kier molecular flexibility index (Phi) is 6.10. The van der Waals surface area contributed by atoms with Crippen LogP contribution in [-0.4, -0.2) is 25.2 Å². The first-order valence-corrected chi connectivity index (χ1v) is 7.26. The Labute approximate surface area is 131 Å². The Balaban J connectivity index is 1.92. The summed E-state index contributed by atoms with van der Waals surface area (Å²) in [6.07, 6.45) is 1.70. The Morgan fingerprint density at radius 3 is 2.81 bits per heavy atom. The van der Waals surface area contributed by atoms with Gasteiger partial charge in [0.25, 0.3) is 0 Å². The summed E-state index contributed by atoms with van der Waals surface area (Å²) in [5, 5.41) is 3.22. The van der Waals surface area contributed by atoms with Gasteiger partial charge in [0.2, 0.25) is 5.88 Å². The molecular weight excluding hydrogens is 339 g/mol. The second kappa shape index (κ2) is 8.07. The maximum absolute atomic E-state index is 13.6. The smallest absolute Gasteiger partial charge is 0.219 e. The fourth-order valence-corrected chi connectivity index (χ4v) is 1.99.